The zero-order chi connectivity index (χ0) is 14.9. The fraction of sp³-hybridized carbons (Fsp3) is 0.211. The van der Waals surface area contributed by atoms with Gasteiger partial charge in [-0.25, -0.2) is 0 Å². The molecule has 2 nitrogen and oxygen atoms in total. The molecule has 0 aliphatic rings. The first-order valence-corrected chi connectivity index (χ1v) is 7.28. The van der Waals surface area contributed by atoms with Gasteiger partial charge in [-0.05, 0) is 37.5 Å². The van der Waals surface area contributed by atoms with Crippen LogP contribution >= 0.6 is 0 Å². The molecule has 0 saturated heterocycles. The lowest BCUT2D eigenvalue weighted by molar-refractivity contribution is 0.0958. The van der Waals surface area contributed by atoms with Crippen LogP contribution in [0.3, 0.4) is 0 Å². The number of amides is 1. The normalized spacial score (nSPS) is 11.2. The van der Waals surface area contributed by atoms with Crippen molar-refractivity contribution < 1.29 is 4.79 Å². The number of aryl methyl sites for hydroxylation is 1. The molecule has 108 valence electrons. The second-order valence-electron chi connectivity index (χ2n) is 5.11. The highest BCUT2D eigenvalue weighted by Gasteiger charge is 2.01. The van der Waals surface area contributed by atoms with Gasteiger partial charge in [0.1, 0.15) is 0 Å². The zero-order valence-electron chi connectivity index (χ0n) is 12.4. The van der Waals surface area contributed by atoms with Gasteiger partial charge in [-0.1, -0.05) is 60.2 Å². The molecule has 0 aromatic heterocycles. The van der Waals surface area contributed by atoms with E-state index in [0.29, 0.717) is 12.1 Å². The molecule has 0 saturated carbocycles. The van der Waals surface area contributed by atoms with Crippen molar-refractivity contribution >= 4 is 5.91 Å². The molecule has 0 heterocycles. The summed E-state index contributed by atoms with van der Waals surface area (Å²) in [5.74, 6) is -0.0253. The highest BCUT2D eigenvalue weighted by Crippen LogP contribution is 2.08. The molecule has 0 fully saturated rings. The lowest BCUT2D eigenvalue weighted by atomic mass is 10.1. The molecule has 0 aliphatic carbocycles. The van der Waals surface area contributed by atoms with Gasteiger partial charge >= 0.3 is 0 Å². The predicted octanol–water partition coefficient (Wildman–Crippen LogP) is 4.00. The van der Waals surface area contributed by atoms with E-state index in [2.05, 4.69) is 42.6 Å². The summed E-state index contributed by atoms with van der Waals surface area (Å²) in [6.07, 6.45) is 4.14. The van der Waals surface area contributed by atoms with Gasteiger partial charge in [-0.3, -0.25) is 4.79 Å². The van der Waals surface area contributed by atoms with E-state index in [9.17, 15) is 4.79 Å². The summed E-state index contributed by atoms with van der Waals surface area (Å²) in [5.41, 5.74) is 3.35. The third-order valence-electron chi connectivity index (χ3n) is 3.40. The van der Waals surface area contributed by atoms with E-state index >= 15 is 0 Å². The molecule has 1 amide bonds. The van der Waals surface area contributed by atoms with Crippen molar-refractivity contribution in [1.82, 2.24) is 5.32 Å². The Morgan fingerprint density at radius 1 is 1.00 bits per heavy atom. The van der Waals surface area contributed by atoms with E-state index in [1.807, 2.05) is 36.4 Å². The minimum atomic E-state index is -0.0253. The van der Waals surface area contributed by atoms with Gasteiger partial charge < -0.3 is 5.32 Å². The lowest BCUT2D eigenvalue weighted by Gasteiger charge is -2.04. The predicted molar refractivity (Wildman–Crippen MR) is 87.3 cm³/mol. The van der Waals surface area contributed by atoms with Crippen LogP contribution < -0.4 is 5.32 Å². The van der Waals surface area contributed by atoms with Crippen LogP contribution in [0.4, 0.5) is 0 Å². The molecule has 0 unspecified atom stereocenters. The van der Waals surface area contributed by atoms with E-state index in [1.165, 1.54) is 11.1 Å². The SMILES string of the molecule is C/C(=C/CNC(=O)c1ccccc1)CCc1ccccc1. The first-order valence-electron chi connectivity index (χ1n) is 7.28. The third-order valence-corrected chi connectivity index (χ3v) is 3.40. The topological polar surface area (TPSA) is 29.1 Å². The maximum absolute atomic E-state index is 11.9. The Morgan fingerprint density at radius 2 is 1.62 bits per heavy atom. The number of hydrogen-bond donors (Lipinski definition) is 1. The van der Waals surface area contributed by atoms with Crippen LogP contribution in [-0.4, -0.2) is 12.5 Å². The largest absolute Gasteiger partial charge is 0.349 e. The van der Waals surface area contributed by atoms with E-state index in [0.717, 1.165) is 12.8 Å². The van der Waals surface area contributed by atoms with Crippen molar-refractivity contribution in [3.05, 3.63) is 83.4 Å². The van der Waals surface area contributed by atoms with Crippen molar-refractivity contribution in [2.24, 2.45) is 0 Å². The Bertz CT molecular complexity index is 587. The smallest absolute Gasteiger partial charge is 0.251 e. The Kier molecular flexibility index (Phi) is 5.77. The van der Waals surface area contributed by atoms with Crippen LogP contribution in [0.2, 0.25) is 0 Å². The summed E-state index contributed by atoms with van der Waals surface area (Å²) in [5, 5.41) is 2.91. The summed E-state index contributed by atoms with van der Waals surface area (Å²) in [4.78, 5) is 11.9. The molecule has 2 aromatic rings. The van der Waals surface area contributed by atoms with E-state index < -0.39 is 0 Å². The summed E-state index contributed by atoms with van der Waals surface area (Å²) >= 11 is 0. The molecular weight excluding hydrogens is 258 g/mol. The molecule has 1 N–H and O–H groups in total. The van der Waals surface area contributed by atoms with Gasteiger partial charge in [0.2, 0.25) is 0 Å². The van der Waals surface area contributed by atoms with Crippen molar-refractivity contribution in [2.45, 2.75) is 19.8 Å². The standard InChI is InChI=1S/C19H21NO/c1-16(12-13-17-8-4-2-5-9-17)14-15-20-19(21)18-10-6-3-7-11-18/h2-11,14H,12-13,15H2,1H3,(H,20,21)/b16-14-. The van der Waals surface area contributed by atoms with Crippen molar-refractivity contribution in [1.29, 1.82) is 0 Å². The van der Waals surface area contributed by atoms with Crippen LogP contribution in [0.25, 0.3) is 0 Å². The monoisotopic (exact) mass is 279 g/mol. The second-order valence-corrected chi connectivity index (χ2v) is 5.11. The first-order chi connectivity index (χ1) is 10.3. The highest BCUT2D eigenvalue weighted by molar-refractivity contribution is 5.94. The van der Waals surface area contributed by atoms with E-state index in [4.69, 9.17) is 0 Å². The van der Waals surface area contributed by atoms with Gasteiger partial charge in [-0.15, -0.1) is 0 Å². The number of carbonyl (C=O) groups excluding carboxylic acids is 1. The molecule has 0 spiro atoms. The molecule has 2 rings (SSSR count). The molecule has 2 heteroatoms. The number of rotatable bonds is 6. The lowest BCUT2D eigenvalue weighted by Crippen LogP contribution is -2.23. The minimum absolute atomic E-state index is 0.0253. The number of nitrogens with one attached hydrogen (secondary N) is 1. The maximum Gasteiger partial charge on any atom is 0.251 e. The van der Waals surface area contributed by atoms with Gasteiger partial charge in [-0.2, -0.15) is 0 Å². The summed E-state index contributed by atoms with van der Waals surface area (Å²) < 4.78 is 0. The average Bonchev–Trinajstić information content (AvgIpc) is 2.54. The molecular formula is C19H21NO. The van der Waals surface area contributed by atoms with Crippen molar-refractivity contribution in [2.75, 3.05) is 6.54 Å². The number of carbonyl (C=O) groups is 1. The van der Waals surface area contributed by atoms with Crippen LogP contribution in [0.1, 0.15) is 29.3 Å². The highest BCUT2D eigenvalue weighted by atomic mass is 16.1. The summed E-state index contributed by atoms with van der Waals surface area (Å²) in [6, 6.07) is 19.7. The Morgan fingerprint density at radius 3 is 2.29 bits per heavy atom. The molecule has 0 atom stereocenters. The van der Waals surface area contributed by atoms with Crippen LogP contribution in [0, 0.1) is 0 Å². The average molecular weight is 279 g/mol. The molecule has 0 bridgehead atoms. The fourth-order valence-corrected chi connectivity index (χ4v) is 2.10. The molecule has 21 heavy (non-hydrogen) atoms. The minimum Gasteiger partial charge on any atom is -0.349 e. The maximum atomic E-state index is 11.9. The second kappa shape index (κ2) is 8.05. The number of benzene rings is 2. The van der Waals surface area contributed by atoms with Crippen molar-refractivity contribution in [3.63, 3.8) is 0 Å². The first kappa shape index (κ1) is 15.0. The molecule has 0 radical (unpaired) electrons. The van der Waals surface area contributed by atoms with Crippen LogP contribution in [-0.2, 0) is 6.42 Å². The summed E-state index contributed by atoms with van der Waals surface area (Å²) in [7, 11) is 0. The number of allylic oxidation sites excluding steroid dienone is 1. The quantitative estimate of drug-likeness (QED) is 0.796. The van der Waals surface area contributed by atoms with Gasteiger partial charge in [0.05, 0.1) is 0 Å². The number of hydrogen-bond acceptors (Lipinski definition) is 1. The fourth-order valence-electron chi connectivity index (χ4n) is 2.10. The third kappa shape index (κ3) is 5.27. The Hall–Kier alpha value is -2.35. The van der Waals surface area contributed by atoms with Gasteiger partial charge in [0, 0.05) is 12.1 Å². The zero-order valence-corrected chi connectivity index (χ0v) is 12.4. The van der Waals surface area contributed by atoms with E-state index in [-0.39, 0.29) is 5.91 Å². The Balaban J connectivity index is 1.75. The van der Waals surface area contributed by atoms with Crippen LogP contribution in [0.15, 0.2) is 72.3 Å². The Labute approximate surface area is 126 Å². The van der Waals surface area contributed by atoms with Crippen molar-refractivity contribution in [3.8, 4) is 0 Å². The van der Waals surface area contributed by atoms with Gasteiger partial charge in [0.25, 0.3) is 5.91 Å². The van der Waals surface area contributed by atoms with E-state index in [1.54, 1.807) is 0 Å². The summed E-state index contributed by atoms with van der Waals surface area (Å²) in [6.45, 7) is 2.69. The van der Waals surface area contributed by atoms with Crippen LogP contribution in [0.5, 0.6) is 0 Å². The van der Waals surface area contributed by atoms with Gasteiger partial charge in [0.15, 0.2) is 0 Å². The molecule has 0 aliphatic heterocycles. The molecule has 2 aromatic carbocycles.